The van der Waals surface area contributed by atoms with Gasteiger partial charge in [-0.1, -0.05) is 27.7 Å². The molecule has 0 aliphatic carbocycles. The maximum Gasteiger partial charge on any atom is 0.153 e. The molecule has 0 aromatic carbocycles. The van der Waals surface area contributed by atoms with Crippen molar-refractivity contribution in [2.75, 3.05) is 6.54 Å². The van der Waals surface area contributed by atoms with E-state index in [1.807, 2.05) is 23.9 Å². The van der Waals surface area contributed by atoms with E-state index in [1.165, 1.54) is 5.56 Å². The summed E-state index contributed by atoms with van der Waals surface area (Å²) < 4.78 is 1.86. The molecule has 2 rings (SSSR count). The Morgan fingerprint density at radius 2 is 2.00 bits per heavy atom. The first-order valence-corrected chi connectivity index (χ1v) is 7.65. The van der Waals surface area contributed by atoms with E-state index < -0.39 is 0 Å². The second kappa shape index (κ2) is 6.39. The van der Waals surface area contributed by atoms with Crippen LogP contribution in [0.5, 0.6) is 0 Å². The minimum absolute atomic E-state index is 0.0255. The number of hydrogen-bond acceptors (Lipinski definition) is 3. The molecule has 4 nitrogen and oxygen atoms in total. The van der Waals surface area contributed by atoms with Crippen molar-refractivity contribution in [2.45, 2.75) is 53.0 Å². The van der Waals surface area contributed by atoms with Crippen LogP contribution in [0, 0.1) is 6.92 Å². The van der Waals surface area contributed by atoms with Crippen molar-refractivity contribution in [3.8, 4) is 5.82 Å². The zero-order valence-electron chi connectivity index (χ0n) is 13.8. The lowest BCUT2D eigenvalue weighted by molar-refractivity contribution is 0.563. The van der Waals surface area contributed by atoms with E-state index in [1.54, 1.807) is 0 Å². The molecule has 21 heavy (non-hydrogen) atoms. The summed E-state index contributed by atoms with van der Waals surface area (Å²) in [5.41, 5.74) is 3.38. The summed E-state index contributed by atoms with van der Waals surface area (Å²) in [7, 11) is 0. The van der Waals surface area contributed by atoms with Gasteiger partial charge in [-0.05, 0) is 43.7 Å². The van der Waals surface area contributed by atoms with Gasteiger partial charge < -0.3 is 5.32 Å². The summed E-state index contributed by atoms with van der Waals surface area (Å²) >= 11 is 0. The number of pyridine rings is 1. The molecule has 0 aliphatic rings. The third-order valence-electron chi connectivity index (χ3n) is 3.35. The van der Waals surface area contributed by atoms with Gasteiger partial charge >= 0.3 is 0 Å². The number of nitrogens with one attached hydrogen (secondary N) is 1. The molecule has 0 aliphatic heterocycles. The Labute approximate surface area is 127 Å². The van der Waals surface area contributed by atoms with Crippen LogP contribution in [0.15, 0.2) is 24.4 Å². The van der Waals surface area contributed by atoms with Crippen LogP contribution in [-0.4, -0.2) is 21.3 Å². The van der Waals surface area contributed by atoms with Gasteiger partial charge in [0.1, 0.15) is 0 Å². The number of hydrogen-bond donors (Lipinski definition) is 1. The van der Waals surface area contributed by atoms with Gasteiger partial charge in [-0.25, -0.2) is 9.67 Å². The maximum atomic E-state index is 4.79. The first-order valence-electron chi connectivity index (χ1n) is 7.65. The molecule has 0 bridgehead atoms. The lowest BCUT2D eigenvalue weighted by Crippen LogP contribution is -2.19. The minimum Gasteiger partial charge on any atom is -0.313 e. The highest BCUT2D eigenvalue weighted by molar-refractivity contribution is 5.33. The summed E-state index contributed by atoms with van der Waals surface area (Å²) in [6, 6.07) is 6.31. The molecule has 2 aromatic heterocycles. The van der Waals surface area contributed by atoms with Crippen molar-refractivity contribution in [1.29, 1.82) is 0 Å². The molecule has 0 radical (unpaired) electrons. The summed E-state index contributed by atoms with van der Waals surface area (Å²) in [6.07, 6.45) is 3.11. The van der Waals surface area contributed by atoms with Gasteiger partial charge in [0.2, 0.25) is 0 Å². The number of aromatic nitrogens is 3. The van der Waals surface area contributed by atoms with E-state index in [-0.39, 0.29) is 5.41 Å². The van der Waals surface area contributed by atoms with Gasteiger partial charge in [0.25, 0.3) is 0 Å². The SMILES string of the molecule is CCCNCc1cc(-n2ccc(C)n2)nc(C(C)(C)C)c1. The van der Waals surface area contributed by atoms with Crippen LogP contribution >= 0.6 is 0 Å². The minimum atomic E-state index is 0.0255. The molecular formula is C17H26N4. The number of nitrogens with zero attached hydrogens (tertiary/aromatic N) is 3. The van der Waals surface area contributed by atoms with Crippen molar-refractivity contribution >= 4 is 0 Å². The predicted octanol–water partition coefficient (Wildman–Crippen LogP) is 3.37. The largest absolute Gasteiger partial charge is 0.313 e. The average Bonchev–Trinajstić information content (AvgIpc) is 2.84. The topological polar surface area (TPSA) is 42.7 Å². The van der Waals surface area contributed by atoms with E-state index in [4.69, 9.17) is 4.98 Å². The Morgan fingerprint density at radius 3 is 2.57 bits per heavy atom. The molecule has 0 saturated carbocycles. The van der Waals surface area contributed by atoms with Crippen molar-refractivity contribution < 1.29 is 0 Å². The first kappa shape index (κ1) is 15.7. The van der Waals surface area contributed by atoms with Crippen LogP contribution in [0.1, 0.15) is 51.1 Å². The third-order valence-corrected chi connectivity index (χ3v) is 3.35. The normalized spacial score (nSPS) is 11.9. The van der Waals surface area contributed by atoms with Crippen molar-refractivity contribution in [2.24, 2.45) is 0 Å². The number of aryl methyl sites for hydroxylation is 1. The van der Waals surface area contributed by atoms with Crippen LogP contribution < -0.4 is 5.32 Å². The maximum absolute atomic E-state index is 4.79. The van der Waals surface area contributed by atoms with Crippen LogP contribution in [0.3, 0.4) is 0 Å². The highest BCUT2D eigenvalue weighted by Crippen LogP contribution is 2.23. The Kier molecular flexibility index (Phi) is 4.78. The molecule has 1 N–H and O–H groups in total. The number of rotatable bonds is 5. The van der Waals surface area contributed by atoms with E-state index in [2.05, 4.69) is 50.2 Å². The molecule has 2 heterocycles. The fourth-order valence-electron chi connectivity index (χ4n) is 2.13. The quantitative estimate of drug-likeness (QED) is 0.857. The zero-order valence-corrected chi connectivity index (χ0v) is 13.8. The fraction of sp³-hybridized carbons (Fsp3) is 0.529. The fourth-order valence-corrected chi connectivity index (χ4v) is 2.13. The first-order chi connectivity index (χ1) is 9.90. The summed E-state index contributed by atoms with van der Waals surface area (Å²) in [6.45, 7) is 12.6. The summed E-state index contributed by atoms with van der Waals surface area (Å²) in [4.78, 5) is 4.79. The highest BCUT2D eigenvalue weighted by Gasteiger charge is 2.17. The molecule has 114 valence electrons. The summed E-state index contributed by atoms with van der Waals surface area (Å²) in [5.74, 6) is 0.892. The Bertz CT molecular complexity index is 593. The Hall–Kier alpha value is -1.68. The van der Waals surface area contributed by atoms with E-state index in [0.29, 0.717) is 0 Å². The zero-order chi connectivity index (χ0) is 15.5. The standard InChI is InChI=1S/C17H26N4/c1-6-8-18-12-14-10-15(17(3,4)5)19-16(11-14)21-9-7-13(2)20-21/h7,9-11,18H,6,8,12H2,1-5H3. The van der Waals surface area contributed by atoms with Gasteiger partial charge in [-0.15, -0.1) is 0 Å². The monoisotopic (exact) mass is 286 g/mol. The predicted molar refractivity (Wildman–Crippen MR) is 86.8 cm³/mol. The third kappa shape index (κ3) is 4.14. The Balaban J connectivity index is 2.37. The molecule has 0 atom stereocenters. The molecule has 4 heteroatoms. The molecule has 0 unspecified atom stereocenters. The van der Waals surface area contributed by atoms with E-state index in [9.17, 15) is 0 Å². The second-order valence-corrected chi connectivity index (χ2v) is 6.55. The molecule has 0 fully saturated rings. The summed E-state index contributed by atoms with van der Waals surface area (Å²) in [5, 5.41) is 7.93. The second-order valence-electron chi connectivity index (χ2n) is 6.55. The Morgan fingerprint density at radius 1 is 1.24 bits per heavy atom. The van der Waals surface area contributed by atoms with E-state index in [0.717, 1.165) is 36.7 Å². The van der Waals surface area contributed by atoms with Crippen molar-refractivity contribution in [3.63, 3.8) is 0 Å². The lowest BCUT2D eigenvalue weighted by atomic mass is 9.90. The van der Waals surface area contributed by atoms with Crippen LogP contribution in [-0.2, 0) is 12.0 Å². The van der Waals surface area contributed by atoms with Crippen LogP contribution in [0.4, 0.5) is 0 Å². The van der Waals surface area contributed by atoms with Gasteiger partial charge in [-0.2, -0.15) is 5.10 Å². The molecular weight excluding hydrogens is 260 g/mol. The molecule has 0 saturated heterocycles. The van der Waals surface area contributed by atoms with Gasteiger partial charge in [0.15, 0.2) is 5.82 Å². The van der Waals surface area contributed by atoms with Gasteiger partial charge in [0, 0.05) is 23.9 Å². The van der Waals surface area contributed by atoms with Crippen LogP contribution in [0.2, 0.25) is 0 Å². The van der Waals surface area contributed by atoms with Crippen molar-refractivity contribution in [3.05, 3.63) is 41.3 Å². The van der Waals surface area contributed by atoms with Crippen LogP contribution in [0.25, 0.3) is 5.82 Å². The molecule has 0 amide bonds. The smallest absolute Gasteiger partial charge is 0.153 e. The van der Waals surface area contributed by atoms with Crippen molar-refractivity contribution in [1.82, 2.24) is 20.1 Å². The average molecular weight is 286 g/mol. The highest BCUT2D eigenvalue weighted by atomic mass is 15.3. The van der Waals surface area contributed by atoms with Gasteiger partial charge in [0.05, 0.1) is 5.69 Å². The van der Waals surface area contributed by atoms with E-state index >= 15 is 0 Å². The molecule has 2 aromatic rings. The van der Waals surface area contributed by atoms with Gasteiger partial charge in [-0.3, -0.25) is 0 Å². The molecule has 0 spiro atoms. The lowest BCUT2D eigenvalue weighted by Gasteiger charge is -2.20.